The summed E-state index contributed by atoms with van der Waals surface area (Å²) in [5.41, 5.74) is -0.110. The van der Waals surface area contributed by atoms with E-state index in [0.29, 0.717) is 0 Å². The molecule has 0 rings (SSSR count). The van der Waals surface area contributed by atoms with Gasteiger partial charge in [0.25, 0.3) is 5.91 Å². The molecule has 1 atom stereocenters. The van der Waals surface area contributed by atoms with Crippen molar-refractivity contribution in [1.82, 2.24) is 5.32 Å². The Morgan fingerprint density at radius 3 is 2.32 bits per heavy atom. The minimum Gasteiger partial charge on any atom is -0.743 e. The van der Waals surface area contributed by atoms with Gasteiger partial charge in [-0.2, -0.15) is 8.78 Å². The third kappa shape index (κ3) is 4.87. The van der Waals surface area contributed by atoms with Crippen LogP contribution >= 0.6 is 0 Å². The zero-order chi connectivity index (χ0) is 15.4. The zero-order valence-corrected chi connectivity index (χ0v) is 10.3. The highest BCUT2D eigenvalue weighted by atomic mass is 32.2. The van der Waals surface area contributed by atoms with Crippen molar-refractivity contribution in [1.29, 1.82) is 0 Å². The summed E-state index contributed by atoms with van der Waals surface area (Å²) in [7, 11) is -6.24. The first kappa shape index (κ1) is 17.4. The predicted molar refractivity (Wildman–Crippen MR) is 53.8 cm³/mol. The molecule has 0 radical (unpaired) electrons. The standard InChI is InChI=1S/C8H10F3NO6S/c1-4(2)6(13)12-7(14)18-3-5(9)8(10,11)19(15,16)17/h5H,1,3H2,2H3,(H,12,13,14)(H,15,16,17)/p-1. The maximum absolute atomic E-state index is 12.8. The number of carbonyl (C=O) groups excluding carboxylic acids is 2. The van der Waals surface area contributed by atoms with Gasteiger partial charge in [-0.15, -0.1) is 0 Å². The van der Waals surface area contributed by atoms with Gasteiger partial charge < -0.3 is 9.29 Å². The maximum Gasteiger partial charge on any atom is 0.414 e. The number of hydrogen-bond donors (Lipinski definition) is 1. The van der Waals surface area contributed by atoms with E-state index in [1.165, 1.54) is 12.2 Å². The largest absolute Gasteiger partial charge is 0.743 e. The Hall–Kier alpha value is -1.62. The number of halogens is 3. The fraction of sp³-hybridized carbons (Fsp3) is 0.500. The second-order valence-electron chi connectivity index (χ2n) is 3.32. The van der Waals surface area contributed by atoms with Crippen molar-refractivity contribution in [2.24, 2.45) is 0 Å². The molecule has 0 fully saturated rings. The van der Waals surface area contributed by atoms with E-state index in [9.17, 15) is 35.7 Å². The van der Waals surface area contributed by atoms with Gasteiger partial charge in [0.2, 0.25) is 6.17 Å². The molecule has 0 aromatic rings. The second-order valence-corrected chi connectivity index (χ2v) is 4.77. The summed E-state index contributed by atoms with van der Waals surface area (Å²) in [5, 5.41) is -3.76. The average Bonchev–Trinajstić information content (AvgIpc) is 2.23. The predicted octanol–water partition coefficient (Wildman–Crippen LogP) is 0.291. The van der Waals surface area contributed by atoms with Gasteiger partial charge in [0.05, 0.1) is 0 Å². The van der Waals surface area contributed by atoms with Crippen molar-refractivity contribution in [2.75, 3.05) is 6.61 Å². The minimum absolute atomic E-state index is 0.110. The number of amides is 2. The number of rotatable bonds is 5. The van der Waals surface area contributed by atoms with E-state index in [4.69, 9.17) is 0 Å². The average molecular weight is 304 g/mol. The molecule has 0 saturated heterocycles. The molecule has 11 heteroatoms. The van der Waals surface area contributed by atoms with E-state index >= 15 is 0 Å². The number of nitrogens with one attached hydrogen (secondary N) is 1. The maximum atomic E-state index is 12.8. The molecule has 7 nitrogen and oxygen atoms in total. The summed E-state index contributed by atoms with van der Waals surface area (Å²) in [6.45, 7) is 2.64. The van der Waals surface area contributed by atoms with Gasteiger partial charge >= 0.3 is 11.3 Å². The highest BCUT2D eigenvalue weighted by Gasteiger charge is 2.48. The smallest absolute Gasteiger partial charge is 0.414 e. The Morgan fingerprint density at radius 1 is 1.47 bits per heavy atom. The van der Waals surface area contributed by atoms with Gasteiger partial charge in [0.15, 0.2) is 10.1 Å². The molecule has 0 spiro atoms. The number of carbonyl (C=O) groups is 2. The summed E-state index contributed by atoms with van der Waals surface area (Å²) in [6, 6.07) is 0. The number of alkyl halides is 3. The van der Waals surface area contributed by atoms with Crippen LogP contribution in [0.2, 0.25) is 0 Å². The summed E-state index contributed by atoms with van der Waals surface area (Å²) < 4.78 is 71.9. The monoisotopic (exact) mass is 304 g/mol. The number of ether oxygens (including phenoxy) is 1. The van der Waals surface area contributed by atoms with Crippen LogP contribution in [0.1, 0.15) is 6.92 Å². The first-order valence-electron chi connectivity index (χ1n) is 4.50. The van der Waals surface area contributed by atoms with Crippen LogP contribution in [0.4, 0.5) is 18.0 Å². The van der Waals surface area contributed by atoms with E-state index in [1.54, 1.807) is 0 Å². The van der Waals surface area contributed by atoms with E-state index in [1.807, 2.05) is 0 Å². The van der Waals surface area contributed by atoms with Crippen molar-refractivity contribution in [3.63, 3.8) is 0 Å². The Kier molecular flexibility index (Phi) is 5.50. The molecule has 2 amide bonds. The number of imide groups is 1. The number of alkyl carbamates (subject to hydrolysis) is 1. The van der Waals surface area contributed by atoms with Gasteiger partial charge in [0.1, 0.15) is 6.61 Å². The van der Waals surface area contributed by atoms with Crippen LogP contribution in [0.15, 0.2) is 12.2 Å². The van der Waals surface area contributed by atoms with Crippen molar-refractivity contribution in [3.8, 4) is 0 Å². The molecular weight excluding hydrogens is 295 g/mol. The lowest BCUT2D eigenvalue weighted by atomic mass is 10.3. The zero-order valence-electron chi connectivity index (χ0n) is 9.48. The van der Waals surface area contributed by atoms with Gasteiger partial charge in [-0.3, -0.25) is 10.1 Å². The summed E-state index contributed by atoms with van der Waals surface area (Å²) >= 11 is 0. The first-order valence-corrected chi connectivity index (χ1v) is 5.91. The van der Waals surface area contributed by atoms with Gasteiger partial charge in [-0.1, -0.05) is 6.58 Å². The van der Waals surface area contributed by atoms with Crippen LogP contribution in [0.3, 0.4) is 0 Å². The Morgan fingerprint density at radius 2 is 1.95 bits per heavy atom. The third-order valence-corrected chi connectivity index (χ3v) is 2.58. The minimum atomic E-state index is -6.24. The van der Waals surface area contributed by atoms with Crippen LogP contribution in [-0.4, -0.2) is 43.0 Å². The Balaban J connectivity index is 4.47. The van der Waals surface area contributed by atoms with Gasteiger partial charge in [-0.05, 0) is 6.92 Å². The topological polar surface area (TPSA) is 113 Å². The molecule has 0 aromatic carbocycles. The van der Waals surface area contributed by atoms with Crippen LogP contribution in [-0.2, 0) is 19.6 Å². The van der Waals surface area contributed by atoms with E-state index in [2.05, 4.69) is 11.3 Å². The van der Waals surface area contributed by atoms with Crippen LogP contribution in [0, 0.1) is 0 Å². The second kappa shape index (κ2) is 6.02. The molecule has 1 N–H and O–H groups in total. The lowest BCUT2D eigenvalue weighted by molar-refractivity contribution is -0.117. The molecule has 0 aliphatic rings. The van der Waals surface area contributed by atoms with Gasteiger partial charge in [0, 0.05) is 5.57 Å². The normalized spacial score (nSPS) is 13.5. The van der Waals surface area contributed by atoms with Crippen molar-refractivity contribution >= 4 is 22.1 Å². The lowest BCUT2D eigenvalue weighted by Crippen LogP contribution is -2.42. The van der Waals surface area contributed by atoms with Crippen LogP contribution in [0.5, 0.6) is 0 Å². The fourth-order valence-corrected chi connectivity index (χ4v) is 1.02. The quantitative estimate of drug-likeness (QED) is 0.577. The molecule has 0 aromatic heterocycles. The summed E-state index contributed by atoms with van der Waals surface area (Å²) in [4.78, 5) is 21.7. The highest BCUT2D eigenvalue weighted by molar-refractivity contribution is 7.86. The summed E-state index contributed by atoms with van der Waals surface area (Å²) in [6.07, 6.45) is -5.14. The van der Waals surface area contributed by atoms with E-state index < -0.39 is 40.2 Å². The molecule has 0 heterocycles. The fourth-order valence-electron chi connectivity index (χ4n) is 0.638. The molecule has 0 aliphatic carbocycles. The van der Waals surface area contributed by atoms with Crippen molar-refractivity contribution in [2.45, 2.75) is 18.3 Å². The Labute approximate surface area is 106 Å². The highest BCUT2D eigenvalue weighted by Crippen LogP contribution is 2.27. The molecule has 0 aliphatic heterocycles. The first-order chi connectivity index (χ1) is 8.39. The van der Waals surface area contributed by atoms with Crippen LogP contribution in [0.25, 0.3) is 0 Å². The molecule has 1 unspecified atom stereocenters. The van der Waals surface area contributed by atoms with Gasteiger partial charge in [-0.25, -0.2) is 17.6 Å². The van der Waals surface area contributed by atoms with E-state index in [0.717, 1.165) is 0 Å². The Bertz CT molecular complexity index is 489. The molecule has 0 bridgehead atoms. The molecule has 19 heavy (non-hydrogen) atoms. The van der Waals surface area contributed by atoms with Crippen molar-refractivity contribution < 1.29 is 40.5 Å². The lowest BCUT2D eigenvalue weighted by Gasteiger charge is -2.22. The SMILES string of the molecule is C=C(C)C(=O)NC(=O)OCC(F)C(F)(F)S(=O)(=O)[O-]. The van der Waals surface area contributed by atoms with Crippen LogP contribution < -0.4 is 5.32 Å². The molecule has 110 valence electrons. The summed E-state index contributed by atoms with van der Waals surface area (Å²) in [5.74, 6) is -0.997. The van der Waals surface area contributed by atoms with Crippen molar-refractivity contribution in [3.05, 3.63) is 12.2 Å². The third-order valence-electron chi connectivity index (χ3n) is 1.66. The van der Waals surface area contributed by atoms with E-state index in [-0.39, 0.29) is 5.57 Å². The number of hydrogen-bond acceptors (Lipinski definition) is 6. The molecule has 0 saturated carbocycles. The molecular formula is C8H9F3NO6S-.